The molecule has 0 spiro atoms. The summed E-state index contributed by atoms with van der Waals surface area (Å²) >= 11 is 1.75. The normalized spacial score (nSPS) is 11.0. The zero-order valence-electron chi connectivity index (χ0n) is 19.7. The molecule has 0 saturated carbocycles. The van der Waals surface area contributed by atoms with Crippen molar-refractivity contribution >= 4 is 17.0 Å². The first kappa shape index (κ1) is 25.4. The van der Waals surface area contributed by atoms with Crippen LogP contribution in [0.2, 0.25) is 0 Å². The van der Waals surface area contributed by atoms with Gasteiger partial charge in [-0.2, -0.15) is 0 Å². The molecule has 4 heterocycles. The number of rotatable bonds is 1. The van der Waals surface area contributed by atoms with Gasteiger partial charge in [-0.3, -0.25) is 9.56 Å². The molecule has 3 aromatic heterocycles. The summed E-state index contributed by atoms with van der Waals surface area (Å²) in [6.45, 7) is 21.9. The average Bonchev–Trinajstić information content (AvgIpc) is 3.20. The first-order valence-electron chi connectivity index (χ1n) is 10.4. The quantitative estimate of drug-likeness (QED) is 0.451. The first-order valence-corrected chi connectivity index (χ1v) is 11.2. The maximum atomic E-state index is 4.81. The molecule has 6 nitrogen and oxygen atoms in total. The van der Waals surface area contributed by atoms with E-state index in [2.05, 4.69) is 45.2 Å². The number of fused-ring (bicyclic) bond motifs is 3. The van der Waals surface area contributed by atoms with Crippen LogP contribution < -0.4 is 0 Å². The highest BCUT2D eigenvalue weighted by atomic mass is 32.1. The molecule has 0 aromatic carbocycles. The van der Waals surface area contributed by atoms with Crippen molar-refractivity contribution < 1.29 is 0 Å². The minimum atomic E-state index is 0.504. The van der Waals surface area contributed by atoms with Crippen LogP contribution in [-0.4, -0.2) is 30.4 Å². The zero-order chi connectivity index (χ0) is 22.8. The van der Waals surface area contributed by atoms with Gasteiger partial charge in [0.2, 0.25) is 0 Å². The topological polar surface area (TPSA) is 68.8 Å². The van der Waals surface area contributed by atoms with Crippen molar-refractivity contribution in [1.82, 2.24) is 24.7 Å². The van der Waals surface area contributed by atoms with E-state index >= 15 is 0 Å². The fourth-order valence-corrected chi connectivity index (χ4v) is 4.02. The summed E-state index contributed by atoms with van der Waals surface area (Å²) in [5.41, 5.74) is 4.26. The van der Waals surface area contributed by atoms with E-state index in [0.29, 0.717) is 6.54 Å². The predicted octanol–water partition coefficient (Wildman–Crippen LogP) is 5.95. The third kappa shape index (κ3) is 5.27. The van der Waals surface area contributed by atoms with Crippen molar-refractivity contribution in [2.75, 3.05) is 0 Å². The second-order valence-corrected chi connectivity index (χ2v) is 7.26. The van der Waals surface area contributed by atoms with Crippen LogP contribution in [0.4, 0.5) is 0 Å². The van der Waals surface area contributed by atoms with Crippen LogP contribution in [0, 0.1) is 27.7 Å². The number of hydrogen-bond donors (Lipinski definition) is 0. The summed E-state index contributed by atoms with van der Waals surface area (Å²) in [5, 5.41) is 9.62. The molecule has 30 heavy (non-hydrogen) atoms. The molecule has 162 valence electrons. The first-order chi connectivity index (χ1) is 14.5. The van der Waals surface area contributed by atoms with E-state index in [1.54, 1.807) is 17.4 Å². The molecule has 0 aliphatic carbocycles. The number of aromatic nitrogens is 5. The molecule has 0 N–H and O–H groups in total. The van der Waals surface area contributed by atoms with Gasteiger partial charge in [-0.15, -0.1) is 28.1 Å². The Labute approximate surface area is 184 Å². The molecule has 0 radical (unpaired) electrons. The SMILES string of the molecule is C=CC.CC.CC.Cc1ncc(C2=NCc3nnc(C)n3-c3sc(C)c(C)c32)cn1. The second kappa shape index (κ2) is 12.1. The zero-order valence-corrected chi connectivity index (χ0v) is 20.6. The van der Waals surface area contributed by atoms with Crippen molar-refractivity contribution in [3.05, 3.63) is 64.1 Å². The lowest BCUT2D eigenvalue weighted by Gasteiger charge is -2.08. The Morgan fingerprint density at radius 2 is 1.57 bits per heavy atom. The van der Waals surface area contributed by atoms with E-state index in [4.69, 9.17) is 4.99 Å². The van der Waals surface area contributed by atoms with Crippen LogP contribution in [0.15, 0.2) is 30.0 Å². The highest BCUT2D eigenvalue weighted by Gasteiger charge is 2.26. The summed E-state index contributed by atoms with van der Waals surface area (Å²) in [6.07, 6.45) is 5.44. The van der Waals surface area contributed by atoms with E-state index in [1.807, 2.05) is 60.9 Å². The van der Waals surface area contributed by atoms with Crippen molar-refractivity contribution in [3.8, 4) is 5.00 Å². The van der Waals surface area contributed by atoms with Gasteiger partial charge < -0.3 is 0 Å². The number of allylic oxidation sites excluding steroid dienone is 1. The molecular formula is C23H34N6S. The third-order valence-electron chi connectivity index (χ3n) is 4.13. The number of aliphatic imine (C=N–C) groups is 1. The minimum Gasteiger partial charge on any atom is -0.276 e. The van der Waals surface area contributed by atoms with Crippen LogP contribution in [-0.2, 0) is 6.54 Å². The van der Waals surface area contributed by atoms with Gasteiger partial charge in [0.05, 0.1) is 5.71 Å². The summed E-state index contributed by atoms with van der Waals surface area (Å²) in [4.78, 5) is 14.7. The Bertz CT molecular complexity index is 980. The molecule has 1 aliphatic heterocycles. The monoisotopic (exact) mass is 426 g/mol. The van der Waals surface area contributed by atoms with E-state index in [9.17, 15) is 0 Å². The Kier molecular flexibility index (Phi) is 10.3. The van der Waals surface area contributed by atoms with Gasteiger partial charge in [0.1, 0.15) is 23.2 Å². The van der Waals surface area contributed by atoms with Gasteiger partial charge in [-0.25, -0.2) is 9.97 Å². The fraction of sp³-hybridized carbons (Fsp3) is 0.435. The van der Waals surface area contributed by atoms with Crippen molar-refractivity contribution in [3.63, 3.8) is 0 Å². The largest absolute Gasteiger partial charge is 0.276 e. The summed E-state index contributed by atoms with van der Waals surface area (Å²) in [7, 11) is 0. The fourth-order valence-electron chi connectivity index (χ4n) is 2.80. The molecule has 4 rings (SSSR count). The molecule has 0 unspecified atom stereocenters. The van der Waals surface area contributed by atoms with E-state index in [1.165, 1.54) is 10.4 Å². The van der Waals surface area contributed by atoms with E-state index < -0.39 is 0 Å². The highest BCUT2D eigenvalue weighted by molar-refractivity contribution is 7.15. The van der Waals surface area contributed by atoms with Crippen LogP contribution in [0.5, 0.6) is 0 Å². The molecule has 7 heteroatoms. The van der Waals surface area contributed by atoms with Crippen LogP contribution in [0.25, 0.3) is 5.00 Å². The molecule has 1 aliphatic rings. The van der Waals surface area contributed by atoms with Crippen molar-refractivity contribution in [1.29, 1.82) is 0 Å². The summed E-state index contributed by atoms with van der Waals surface area (Å²) in [5.74, 6) is 2.52. The predicted molar refractivity (Wildman–Crippen MR) is 128 cm³/mol. The molecular weight excluding hydrogens is 392 g/mol. The van der Waals surface area contributed by atoms with Crippen molar-refractivity contribution in [2.45, 2.75) is 68.9 Å². The Balaban J connectivity index is 0.000000579. The van der Waals surface area contributed by atoms with Crippen LogP contribution >= 0.6 is 11.3 Å². The number of aryl methyl sites for hydroxylation is 3. The lowest BCUT2D eigenvalue weighted by Crippen LogP contribution is -2.08. The summed E-state index contributed by atoms with van der Waals surface area (Å²) in [6, 6.07) is 0. The average molecular weight is 427 g/mol. The van der Waals surface area contributed by atoms with Crippen LogP contribution in [0.3, 0.4) is 0 Å². The molecule has 0 fully saturated rings. The van der Waals surface area contributed by atoms with Gasteiger partial charge in [-0.05, 0) is 40.2 Å². The molecule has 3 aromatic rings. The number of hydrogen-bond acceptors (Lipinski definition) is 6. The Morgan fingerprint density at radius 1 is 1.00 bits per heavy atom. The lowest BCUT2D eigenvalue weighted by atomic mass is 10.0. The van der Waals surface area contributed by atoms with Gasteiger partial charge >= 0.3 is 0 Å². The third-order valence-corrected chi connectivity index (χ3v) is 5.32. The smallest absolute Gasteiger partial charge is 0.160 e. The highest BCUT2D eigenvalue weighted by Crippen LogP contribution is 2.35. The van der Waals surface area contributed by atoms with Gasteiger partial charge in [-0.1, -0.05) is 33.8 Å². The molecule has 0 bridgehead atoms. The van der Waals surface area contributed by atoms with Crippen LogP contribution in [0.1, 0.15) is 73.7 Å². The maximum absolute atomic E-state index is 4.81. The van der Waals surface area contributed by atoms with Gasteiger partial charge in [0, 0.05) is 28.4 Å². The van der Waals surface area contributed by atoms with Crippen molar-refractivity contribution in [2.24, 2.45) is 4.99 Å². The lowest BCUT2D eigenvalue weighted by molar-refractivity contribution is 0.869. The second-order valence-electron chi connectivity index (χ2n) is 6.05. The molecule has 0 amide bonds. The number of thiophene rings is 1. The van der Waals surface area contributed by atoms with Gasteiger partial charge in [0.15, 0.2) is 5.82 Å². The summed E-state index contributed by atoms with van der Waals surface area (Å²) < 4.78 is 2.12. The standard InChI is InChI=1S/C16H16N6S.C3H6.2C2H6/c1-8-9(2)23-16-14(8)15(12-5-17-10(3)18-6-12)19-7-13-21-20-11(4)22(13)16;1-3-2;2*1-2/h5-6H,7H2,1-4H3;3H,1H2,2H3;2*1-2H3. The Hall–Kier alpha value is -2.67. The molecule has 0 atom stereocenters. The Morgan fingerprint density at radius 3 is 2.13 bits per heavy atom. The van der Waals surface area contributed by atoms with Gasteiger partial charge in [0.25, 0.3) is 0 Å². The molecule has 0 saturated heterocycles. The number of nitrogens with zero attached hydrogens (tertiary/aromatic N) is 6. The van der Waals surface area contributed by atoms with E-state index in [-0.39, 0.29) is 0 Å². The van der Waals surface area contributed by atoms with E-state index in [0.717, 1.165) is 39.3 Å². The maximum Gasteiger partial charge on any atom is 0.160 e. The minimum absolute atomic E-state index is 0.504.